The Hall–Kier alpha value is -5.25. The van der Waals surface area contributed by atoms with Gasteiger partial charge in [-0.2, -0.15) is 0 Å². The van der Waals surface area contributed by atoms with Crippen molar-refractivity contribution in [2.45, 2.75) is 95.9 Å². The van der Waals surface area contributed by atoms with Crippen molar-refractivity contribution in [1.29, 1.82) is 0 Å². The molecular formula is C39H46BN5O9. The number of hydrogen-bond acceptors (Lipinski definition) is 12. The summed E-state index contributed by atoms with van der Waals surface area (Å²) >= 11 is 0. The van der Waals surface area contributed by atoms with Crippen LogP contribution >= 0.6 is 0 Å². The Labute approximate surface area is 314 Å². The van der Waals surface area contributed by atoms with E-state index < -0.39 is 36.9 Å². The van der Waals surface area contributed by atoms with Crippen LogP contribution < -0.4 is 26.2 Å². The number of esters is 1. The molecule has 2 atom stereocenters. The highest BCUT2D eigenvalue weighted by Crippen LogP contribution is 2.30. The second kappa shape index (κ2) is 17.3. The number of benzene rings is 3. The number of nitrogens with zero attached hydrogens (tertiary/aromatic N) is 2. The third-order valence-corrected chi connectivity index (χ3v) is 9.10. The standard InChI is InChI=1S/C39H46BN5O9/c1-39(2,3)53-38(49)44-31(36(48)51-23-24-8-5-4-6-9-24)18-19-34(47)41-22-33-29-17-12-26(20-30(29)40(50)54-33)43-37-42-21-25-10-7-11-32(35(25)45-37)52-28-15-13-27(46)14-16-28/h4-12,17,20-21,27-28,31,33,46,50H,13-16,18-19,22-23H2,1-3H3,(H,41,47)(H,44,49)(H,42,43,45)/t27?,28?,31-,33?/m0/s1. The average molecular weight is 740 g/mol. The molecule has 54 heavy (non-hydrogen) atoms. The number of aromatic nitrogens is 2. The normalized spacial score (nSPS) is 18.7. The first-order valence-corrected chi connectivity index (χ1v) is 18.2. The van der Waals surface area contributed by atoms with Gasteiger partial charge < -0.3 is 44.9 Å². The molecule has 0 spiro atoms. The van der Waals surface area contributed by atoms with Gasteiger partial charge in [-0.3, -0.25) is 4.79 Å². The lowest BCUT2D eigenvalue weighted by atomic mass is 9.79. The van der Waals surface area contributed by atoms with Crippen LogP contribution in [0.3, 0.4) is 0 Å². The first kappa shape index (κ1) is 38.5. The summed E-state index contributed by atoms with van der Waals surface area (Å²) in [5, 5.41) is 30.0. The van der Waals surface area contributed by atoms with Crippen LogP contribution in [0.5, 0.6) is 5.75 Å². The Morgan fingerprint density at radius 1 is 1.02 bits per heavy atom. The molecule has 1 aliphatic carbocycles. The largest absolute Gasteiger partial charge is 0.492 e. The molecule has 1 aliphatic heterocycles. The number of rotatable bonds is 13. The van der Waals surface area contributed by atoms with E-state index in [1.165, 1.54) is 0 Å². The molecular weight excluding hydrogens is 693 g/mol. The number of amides is 2. The number of carbonyl (C=O) groups is 3. The van der Waals surface area contributed by atoms with Crippen LogP contribution in [0.2, 0.25) is 0 Å². The van der Waals surface area contributed by atoms with Crippen LogP contribution in [0.25, 0.3) is 10.9 Å². The van der Waals surface area contributed by atoms with Gasteiger partial charge in [0.15, 0.2) is 0 Å². The smallest absolute Gasteiger partial charge is 0.488 e. The fourth-order valence-corrected chi connectivity index (χ4v) is 6.37. The minimum atomic E-state index is -1.23. The predicted molar refractivity (Wildman–Crippen MR) is 201 cm³/mol. The molecule has 4 aromatic rings. The molecule has 0 saturated heterocycles. The van der Waals surface area contributed by atoms with Gasteiger partial charge in [0, 0.05) is 30.2 Å². The number of fused-ring (bicyclic) bond motifs is 2. The van der Waals surface area contributed by atoms with Crippen molar-refractivity contribution < 1.29 is 43.4 Å². The molecule has 5 N–H and O–H groups in total. The minimum absolute atomic E-state index is 0.00773. The van der Waals surface area contributed by atoms with E-state index in [1.54, 1.807) is 39.1 Å². The number of hydrogen-bond donors (Lipinski definition) is 5. The fraction of sp³-hybridized carbons (Fsp3) is 0.410. The molecule has 2 amide bonds. The van der Waals surface area contributed by atoms with E-state index in [4.69, 9.17) is 23.8 Å². The quantitative estimate of drug-likeness (QED) is 0.0965. The zero-order valence-electron chi connectivity index (χ0n) is 30.6. The van der Waals surface area contributed by atoms with Gasteiger partial charge in [0.05, 0.1) is 18.3 Å². The van der Waals surface area contributed by atoms with Gasteiger partial charge in [-0.25, -0.2) is 19.6 Å². The molecule has 15 heteroatoms. The van der Waals surface area contributed by atoms with Crippen molar-refractivity contribution in [1.82, 2.24) is 20.6 Å². The number of para-hydroxylation sites is 1. The number of anilines is 2. The number of aliphatic hydroxyl groups is 1. The summed E-state index contributed by atoms with van der Waals surface area (Å²) < 4.78 is 22.8. The molecule has 1 aromatic heterocycles. The third kappa shape index (κ3) is 10.5. The maximum Gasteiger partial charge on any atom is 0.492 e. The zero-order chi connectivity index (χ0) is 38.2. The summed E-state index contributed by atoms with van der Waals surface area (Å²) in [5.41, 5.74) is 2.52. The number of aliphatic hydroxyl groups excluding tert-OH is 1. The second-order valence-electron chi connectivity index (χ2n) is 14.5. The Morgan fingerprint density at radius 2 is 1.80 bits per heavy atom. The summed E-state index contributed by atoms with van der Waals surface area (Å²) in [5.74, 6) is -0.0792. The van der Waals surface area contributed by atoms with Crippen LogP contribution in [-0.2, 0) is 30.3 Å². The number of nitrogens with one attached hydrogen (secondary N) is 3. The van der Waals surface area contributed by atoms with Crippen molar-refractivity contribution >= 4 is 53.1 Å². The highest BCUT2D eigenvalue weighted by Gasteiger charge is 2.35. The van der Waals surface area contributed by atoms with Crippen molar-refractivity contribution in [2.24, 2.45) is 0 Å². The van der Waals surface area contributed by atoms with Crippen molar-refractivity contribution in [3.05, 3.63) is 84.1 Å². The third-order valence-electron chi connectivity index (χ3n) is 9.10. The first-order chi connectivity index (χ1) is 25.9. The lowest BCUT2D eigenvalue weighted by Crippen LogP contribution is -2.45. The van der Waals surface area contributed by atoms with Gasteiger partial charge in [-0.1, -0.05) is 48.5 Å². The van der Waals surface area contributed by atoms with Gasteiger partial charge >= 0.3 is 19.2 Å². The summed E-state index contributed by atoms with van der Waals surface area (Å²) in [6, 6.07) is 19.1. The highest BCUT2D eigenvalue weighted by molar-refractivity contribution is 6.62. The molecule has 2 heterocycles. The monoisotopic (exact) mass is 739 g/mol. The Morgan fingerprint density at radius 3 is 2.56 bits per heavy atom. The predicted octanol–water partition coefficient (Wildman–Crippen LogP) is 4.35. The molecule has 3 aromatic carbocycles. The van der Waals surface area contributed by atoms with E-state index in [2.05, 4.69) is 20.9 Å². The van der Waals surface area contributed by atoms with Crippen LogP contribution in [0.15, 0.2) is 72.9 Å². The van der Waals surface area contributed by atoms with E-state index in [-0.39, 0.29) is 44.1 Å². The van der Waals surface area contributed by atoms with Crippen LogP contribution in [0.4, 0.5) is 16.4 Å². The van der Waals surface area contributed by atoms with Crippen LogP contribution in [-0.4, -0.2) is 75.6 Å². The first-order valence-electron chi connectivity index (χ1n) is 18.2. The van der Waals surface area contributed by atoms with Gasteiger partial charge in [-0.15, -0.1) is 0 Å². The molecule has 14 nitrogen and oxygen atoms in total. The molecule has 0 radical (unpaired) electrons. The molecule has 1 unspecified atom stereocenters. The molecule has 284 valence electrons. The average Bonchev–Trinajstić information content (AvgIpc) is 3.46. The Bertz CT molecular complexity index is 1940. The SMILES string of the molecule is CC(C)(C)OC(=O)N[C@@H](CCC(=O)NCC1OB(O)c2cc(Nc3ncc4cccc(OC5CCC(O)CC5)c4n3)ccc21)C(=O)OCc1ccccc1. The van der Waals surface area contributed by atoms with Crippen molar-refractivity contribution in [3.8, 4) is 5.75 Å². The topological polar surface area (TPSA) is 190 Å². The van der Waals surface area contributed by atoms with E-state index in [9.17, 15) is 24.5 Å². The maximum absolute atomic E-state index is 13.0. The van der Waals surface area contributed by atoms with E-state index in [1.807, 2.05) is 54.6 Å². The highest BCUT2D eigenvalue weighted by atomic mass is 16.6. The summed E-state index contributed by atoms with van der Waals surface area (Å²) in [4.78, 5) is 47.6. The summed E-state index contributed by atoms with van der Waals surface area (Å²) in [7, 11) is -1.23. The Balaban J connectivity index is 1.04. The lowest BCUT2D eigenvalue weighted by Gasteiger charge is -2.26. The fourth-order valence-electron chi connectivity index (χ4n) is 6.37. The van der Waals surface area contributed by atoms with Gasteiger partial charge in [0.1, 0.15) is 29.5 Å². The Kier molecular flexibility index (Phi) is 12.3. The lowest BCUT2D eigenvalue weighted by molar-refractivity contribution is -0.147. The van der Waals surface area contributed by atoms with E-state index in [0.29, 0.717) is 46.8 Å². The van der Waals surface area contributed by atoms with Crippen molar-refractivity contribution in [2.75, 3.05) is 11.9 Å². The molecule has 0 bridgehead atoms. The number of ether oxygens (including phenoxy) is 3. The minimum Gasteiger partial charge on any atom is -0.488 e. The van der Waals surface area contributed by atoms with Gasteiger partial charge in [-0.05, 0) is 87.7 Å². The molecule has 1 fully saturated rings. The number of alkyl carbamates (subject to hydrolysis) is 1. The number of carbonyl (C=O) groups excluding carboxylic acids is 3. The molecule has 6 rings (SSSR count). The van der Waals surface area contributed by atoms with Crippen LogP contribution in [0, 0.1) is 0 Å². The summed E-state index contributed by atoms with van der Waals surface area (Å²) in [6.45, 7) is 5.19. The second-order valence-corrected chi connectivity index (χ2v) is 14.5. The molecule has 2 aliphatic rings. The van der Waals surface area contributed by atoms with Crippen LogP contribution in [0.1, 0.15) is 76.5 Å². The summed E-state index contributed by atoms with van der Waals surface area (Å²) in [6.07, 6.45) is 2.86. The molecule has 1 saturated carbocycles. The van der Waals surface area contributed by atoms with Crippen molar-refractivity contribution in [3.63, 3.8) is 0 Å². The van der Waals surface area contributed by atoms with Gasteiger partial charge in [0.2, 0.25) is 11.9 Å². The maximum atomic E-state index is 13.0. The van der Waals surface area contributed by atoms with E-state index >= 15 is 0 Å². The van der Waals surface area contributed by atoms with E-state index in [0.717, 1.165) is 23.8 Å². The zero-order valence-corrected chi connectivity index (χ0v) is 30.6. The van der Waals surface area contributed by atoms with Gasteiger partial charge in [0.25, 0.3) is 0 Å².